The minimum Gasteiger partial charge on any atom is -0.492 e. The molecule has 1 aliphatic heterocycles. The first-order chi connectivity index (χ1) is 16.3. The van der Waals surface area contributed by atoms with Crippen LogP contribution in [0, 0.1) is 0 Å². The second-order valence-electron chi connectivity index (χ2n) is 8.58. The summed E-state index contributed by atoms with van der Waals surface area (Å²) in [5.41, 5.74) is 1.01. The Morgan fingerprint density at radius 2 is 1.94 bits per heavy atom. The number of carboxylic acids is 1. The number of nitrogens with zero attached hydrogens (tertiary/aromatic N) is 1. The number of carbonyl (C=O) groups is 1. The van der Waals surface area contributed by atoms with Gasteiger partial charge in [-0.25, -0.2) is 13.2 Å². The van der Waals surface area contributed by atoms with E-state index in [1.807, 2.05) is 13.8 Å². The van der Waals surface area contributed by atoms with Crippen molar-refractivity contribution in [2.24, 2.45) is 0 Å². The number of aryl methyl sites for hydroxylation is 1. The third kappa shape index (κ3) is 6.01. The summed E-state index contributed by atoms with van der Waals surface area (Å²) in [7, 11) is -1.95. The van der Waals surface area contributed by atoms with E-state index >= 15 is 0 Å². The van der Waals surface area contributed by atoms with Crippen LogP contribution in [0.4, 0.5) is 11.4 Å². The SMILES string of the molecule is CCCOc1c(CC)ccc(NS(=O)(=O)c2ccccc2NCC[C@@H]2CCCN2C)c1C(=O)O. The van der Waals surface area contributed by atoms with Gasteiger partial charge in [-0.3, -0.25) is 4.72 Å². The molecule has 0 radical (unpaired) electrons. The molecule has 34 heavy (non-hydrogen) atoms. The number of likely N-dealkylation sites (tertiary alicyclic amines) is 1. The fourth-order valence-corrected chi connectivity index (χ4v) is 5.59. The standard InChI is InChI=1S/C25H35N3O5S/c1-4-17-33-24-18(5-2)12-13-21(23(24)25(29)30)27-34(31,32)22-11-7-6-10-20(22)26-15-14-19-9-8-16-28(19)3/h6-7,10-13,19,26-27H,4-5,8-9,14-17H2,1-3H3,(H,29,30)/t19-/m0/s1. The van der Waals surface area contributed by atoms with Crippen LogP contribution in [0.15, 0.2) is 41.3 Å². The van der Waals surface area contributed by atoms with Crippen molar-refractivity contribution in [1.82, 2.24) is 4.90 Å². The van der Waals surface area contributed by atoms with Crippen molar-refractivity contribution in [1.29, 1.82) is 0 Å². The highest BCUT2D eigenvalue weighted by Crippen LogP contribution is 2.34. The zero-order valence-corrected chi connectivity index (χ0v) is 21.0. The molecule has 0 aromatic heterocycles. The Labute approximate surface area is 202 Å². The van der Waals surface area contributed by atoms with Gasteiger partial charge in [-0.05, 0) is 69.5 Å². The van der Waals surface area contributed by atoms with Crippen LogP contribution in [0.2, 0.25) is 0 Å². The molecular weight excluding hydrogens is 454 g/mol. The zero-order valence-electron chi connectivity index (χ0n) is 20.1. The number of hydrogen-bond acceptors (Lipinski definition) is 6. The molecule has 0 bridgehead atoms. The fourth-order valence-electron chi connectivity index (χ4n) is 4.33. The second kappa shape index (κ2) is 11.6. The van der Waals surface area contributed by atoms with E-state index in [0.29, 0.717) is 43.3 Å². The topological polar surface area (TPSA) is 108 Å². The van der Waals surface area contributed by atoms with E-state index in [9.17, 15) is 18.3 Å². The van der Waals surface area contributed by atoms with Gasteiger partial charge in [-0.1, -0.05) is 32.0 Å². The molecule has 0 saturated carbocycles. The number of hydrogen-bond donors (Lipinski definition) is 3. The van der Waals surface area contributed by atoms with Crippen molar-refractivity contribution in [2.45, 2.75) is 56.9 Å². The lowest BCUT2D eigenvalue weighted by molar-refractivity contribution is 0.0693. The van der Waals surface area contributed by atoms with Gasteiger partial charge in [0, 0.05) is 12.6 Å². The Balaban J connectivity index is 1.87. The first-order valence-corrected chi connectivity index (χ1v) is 13.3. The largest absolute Gasteiger partial charge is 0.492 e. The van der Waals surface area contributed by atoms with Gasteiger partial charge in [0.2, 0.25) is 0 Å². The summed E-state index contributed by atoms with van der Waals surface area (Å²) in [6.07, 6.45) is 4.51. The molecule has 186 valence electrons. The van der Waals surface area contributed by atoms with Crippen molar-refractivity contribution in [3.05, 3.63) is 47.5 Å². The van der Waals surface area contributed by atoms with E-state index < -0.39 is 16.0 Å². The molecule has 1 fully saturated rings. The Kier molecular flexibility index (Phi) is 8.79. The molecular formula is C25H35N3O5S. The van der Waals surface area contributed by atoms with Crippen LogP contribution in [0.25, 0.3) is 0 Å². The van der Waals surface area contributed by atoms with E-state index in [1.165, 1.54) is 18.6 Å². The van der Waals surface area contributed by atoms with E-state index in [1.54, 1.807) is 24.3 Å². The maximum Gasteiger partial charge on any atom is 0.341 e. The minimum absolute atomic E-state index is 0.0156. The lowest BCUT2D eigenvalue weighted by Crippen LogP contribution is -2.27. The molecule has 0 amide bonds. The van der Waals surface area contributed by atoms with Gasteiger partial charge in [0.05, 0.1) is 18.0 Å². The van der Waals surface area contributed by atoms with Gasteiger partial charge < -0.3 is 20.1 Å². The minimum atomic E-state index is -4.06. The summed E-state index contributed by atoms with van der Waals surface area (Å²) in [6.45, 7) is 5.89. The monoisotopic (exact) mass is 489 g/mol. The molecule has 8 nitrogen and oxygen atoms in total. The molecule has 1 heterocycles. The van der Waals surface area contributed by atoms with Gasteiger partial charge in [-0.15, -0.1) is 0 Å². The van der Waals surface area contributed by atoms with Crippen LogP contribution < -0.4 is 14.8 Å². The highest BCUT2D eigenvalue weighted by atomic mass is 32.2. The number of carboxylic acid groups (broad SMARTS) is 1. The summed E-state index contributed by atoms with van der Waals surface area (Å²) < 4.78 is 34.9. The molecule has 0 aliphatic carbocycles. The molecule has 0 unspecified atom stereocenters. The first kappa shape index (κ1) is 25.8. The molecule has 1 saturated heterocycles. The van der Waals surface area contributed by atoms with E-state index in [4.69, 9.17) is 4.74 Å². The summed E-state index contributed by atoms with van der Waals surface area (Å²) in [5.74, 6) is -1.03. The highest BCUT2D eigenvalue weighted by Gasteiger charge is 2.26. The smallest absolute Gasteiger partial charge is 0.341 e. The van der Waals surface area contributed by atoms with Gasteiger partial charge in [-0.2, -0.15) is 0 Å². The average Bonchev–Trinajstić information content (AvgIpc) is 3.22. The third-order valence-corrected chi connectivity index (χ3v) is 7.59. The van der Waals surface area contributed by atoms with Crippen molar-refractivity contribution in [3.63, 3.8) is 0 Å². The maximum absolute atomic E-state index is 13.4. The van der Waals surface area contributed by atoms with Crippen LogP contribution in [0.5, 0.6) is 5.75 Å². The lowest BCUT2D eigenvalue weighted by Gasteiger charge is -2.21. The summed E-state index contributed by atoms with van der Waals surface area (Å²) in [4.78, 5) is 14.5. The van der Waals surface area contributed by atoms with Crippen LogP contribution in [0.3, 0.4) is 0 Å². The van der Waals surface area contributed by atoms with Crippen LogP contribution in [-0.4, -0.2) is 57.2 Å². The van der Waals surface area contributed by atoms with Gasteiger partial charge in [0.15, 0.2) is 0 Å². The van der Waals surface area contributed by atoms with Gasteiger partial charge >= 0.3 is 5.97 Å². The molecule has 0 spiro atoms. The number of para-hydroxylation sites is 1. The quantitative estimate of drug-likeness (QED) is 0.405. The Bertz CT molecular complexity index is 1100. The van der Waals surface area contributed by atoms with Crippen LogP contribution >= 0.6 is 0 Å². The third-order valence-electron chi connectivity index (χ3n) is 6.17. The van der Waals surface area contributed by atoms with Crippen molar-refractivity contribution < 1.29 is 23.1 Å². The van der Waals surface area contributed by atoms with Crippen molar-refractivity contribution in [3.8, 4) is 5.75 Å². The number of anilines is 2. The number of ether oxygens (including phenoxy) is 1. The van der Waals surface area contributed by atoms with Crippen LogP contribution in [0.1, 0.15) is 55.5 Å². The molecule has 3 N–H and O–H groups in total. The predicted molar refractivity (Wildman–Crippen MR) is 135 cm³/mol. The second-order valence-corrected chi connectivity index (χ2v) is 10.2. The highest BCUT2D eigenvalue weighted by molar-refractivity contribution is 7.92. The molecule has 2 aromatic rings. The summed E-state index contributed by atoms with van der Waals surface area (Å²) in [6, 6.07) is 10.4. The molecule has 3 rings (SSSR count). The predicted octanol–water partition coefficient (Wildman–Crippen LogP) is 4.43. The van der Waals surface area contributed by atoms with E-state index in [2.05, 4.69) is 22.0 Å². The number of benzene rings is 2. The first-order valence-electron chi connectivity index (χ1n) is 11.9. The molecule has 9 heteroatoms. The Morgan fingerprint density at radius 3 is 2.59 bits per heavy atom. The van der Waals surface area contributed by atoms with Crippen LogP contribution in [-0.2, 0) is 16.4 Å². The normalized spacial score (nSPS) is 16.4. The van der Waals surface area contributed by atoms with Crippen molar-refractivity contribution >= 4 is 27.4 Å². The molecule has 1 atom stereocenters. The number of nitrogens with one attached hydrogen (secondary N) is 2. The Hall–Kier alpha value is -2.78. The van der Waals surface area contributed by atoms with E-state index in [-0.39, 0.29) is 21.9 Å². The zero-order chi connectivity index (χ0) is 24.7. The van der Waals surface area contributed by atoms with Crippen molar-refractivity contribution in [2.75, 3.05) is 36.8 Å². The Morgan fingerprint density at radius 1 is 1.18 bits per heavy atom. The van der Waals surface area contributed by atoms with Gasteiger partial charge in [0.1, 0.15) is 16.2 Å². The fraction of sp³-hybridized carbons (Fsp3) is 0.480. The average molecular weight is 490 g/mol. The number of aromatic carboxylic acids is 1. The van der Waals surface area contributed by atoms with E-state index in [0.717, 1.165) is 19.4 Å². The number of rotatable bonds is 12. The summed E-state index contributed by atoms with van der Waals surface area (Å²) in [5, 5.41) is 13.2. The lowest BCUT2D eigenvalue weighted by atomic mass is 10.0. The summed E-state index contributed by atoms with van der Waals surface area (Å²) >= 11 is 0. The molecule has 2 aromatic carbocycles. The maximum atomic E-state index is 13.4. The molecule has 1 aliphatic rings. The number of sulfonamides is 1. The van der Waals surface area contributed by atoms with Gasteiger partial charge in [0.25, 0.3) is 10.0 Å².